The summed E-state index contributed by atoms with van der Waals surface area (Å²) in [6.45, 7) is 0. The summed E-state index contributed by atoms with van der Waals surface area (Å²) in [6, 6.07) is 12.7. The molecular formula is C12H10N2O2. The van der Waals surface area contributed by atoms with E-state index in [0.717, 1.165) is 5.56 Å². The van der Waals surface area contributed by atoms with Crippen LogP contribution in [0.15, 0.2) is 58.2 Å². The Morgan fingerprint density at radius 3 is 2.69 bits per heavy atom. The largest absolute Gasteiger partial charge is 0.459 e. The van der Waals surface area contributed by atoms with E-state index in [1.165, 1.54) is 6.26 Å². The first kappa shape index (κ1) is 10.2. The highest BCUT2D eigenvalue weighted by atomic mass is 16.3. The Bertz CT molecular complexity index is 475. The highest BCUT2D eigenvalue weighted by molar-refractivity contribution is 5.92. The maximum absolute atomic E-state index is 11.4. The van der Waals surface area contributed by atoms with Gasteiger partial charge in [-0.15, -0.1) is 0 Å². The van der Waals surface area contributed by atoms with Crippen molar-refractivity contribution in [1.29, 1.82) is 0 Å². The van der Waals surface area contributed by atoms with Gasteiger partial charge in [-0.25, -0.2) is 5.43 Å². The minimum absolute atomic E-state index is 0.241. The van der Waals surface area contributed by atoms with Gasteiger partial charge in [-0.3, -0.25) is 4.79 Å². The van der Waals surface area contributed by atoms with Crippen molar-refractivity contribution >= 4 is 12.1 Å². The van der Waals surface area contributed by atoms with Crippen molar-refractivity contribution in [2.45, 2.75) is 0 Å². The summed E-state index contributed by atoms with van der Waals surface area (Å²) >= 11 is 0. The Hall–Kier alpha value is -2.36. The lowest BCUT2D eigenvalue weighted by Crippen LogP contribution is -2.16. The maximum Gasteiger partial charge on any atom is 0.307 e. The quantitative estimate of drug-likeness (QED) is 0.628. The molecule has 1 aromatic carbocycles. The molecule has 80 valence electrons. The predicted molar refractivity (Wildman–Crippen MR) is 60.2 cm³/mol. The summed E-state index contributed by atoms with van der Waals surface area (Å²) in [5.74, 6) is -0.123. The molecule has 0 fully saturated rings. The zero-order valence-electron chi connectivity index (χ0n) is 8.46. The Balaban J connectivity index is 1.93. The molecule has 4 heteroatoms. The fourth-order valence-corrected chi connectivity index (χ4v) is 1.17. The van der Waals surface area contributed by atoms with Crippen LogP contribution in [0.5, 0.6) is 0 Å². The van der Waals surface area contributed by atoms with Crippen LogP contribution >= 0.6 is 0 Å². The molecule has 0 radical (unpaired) electrons. The normalized spacial score (nSPS) is 10.5. The number of hydrazone groups is 1. The number of nitrogens with one attached hydrogen (secondary N) is 1. The highest BCUT2D eigenvalue weighted by Gasteiger charge is 2.05. The molecule has 1 aromatic heterocycles. The number of nitrogens with zero attached hydrogens (tertiary/aromatic N) is 1. The fraction of sp³-hybridized carbons (Fsp3) is 0. The third-order valence-electron chi connectivity index (χ3n) is 1.92. The van der Waals surface area contributed by atoms with Crippen LogP contribution < -0.4 is 5.43 Å². The minimum Gasteiger partial charge on any atom is -0.459 e. The maximum atomic E-state index is 11.4. The Kier molecular flexibility index (Phi) is 3.13. The zero-order valence-corrected chi connectivity index (χ0v) is 8.46. The average molecular weight is 214 g/mol. The van der Waals surface area contributed by atoms with Crippen molar-refractivity contribution in [3.05, 3.63) is 60.1 Å². The van der Waals surface area contributed by atoms with Gasteiger partial charge in [-0.05, 0) is 17.7 Å². The highest BCUT2D eigenvalue weighted by Crippen LogP contribution is 1.99. The molecule has 0 aliphatic heterocycles. The molecule has 0 aliphatic carbocycles. The first-order valence-corrected chi connectivity index (χ1v) is 4.78. The van der Waals surface area contributed by atoms with E-state index in [2.05, 4.69) is 10.5 Å². The molecule has 0 unspecified atom stereocenters. The van der Waals surface area contributed by atoms with E-state index in [0.29, 0.717) is 0 Å². The number of amides is 1. The van der Waals surface area contributed by atoms with Gasteiger partial charge in [0.2, 0.25) is 0 Å². The van der Waals surface area contributed by atoms with Gasteiger partial charge in [-0.2, -0.15) is 5.10 Å². The van der Waals surface area contributed by atoms with Gasteiger partial charge in [0, 0.05) is 0 Å². The van der Waals surface area contributed by atoms with Gasteiger partial charge in [0.15, 0.2) is 5.76 Å². The van der Waals surface area contributed by atoms with Crippen molar-refractivity contribution < 1.29 is 9.21 Å². The summed E-state index contributed by atoms with van der Waals surface area (Å²) < 4.78 is 4.91. The zero-order chi connectivity index (χ0) is 11.2. The van der Waals surface area contributed by atoms with Crippen LogP contribution in [0.25, 0.3) is 0 Å². The second-order valence-corrected chi connectivity index (χ2v) is 3.09. The molecule has 1 N–H and O–H groups in total. The molecule has 0 saturated carbocycles. The number of hydrogen-bond donors (Lipinski definition) is 1. The second kappa shape index (κ2) is 4.93. The molecule has 2 rings (SSSR count). The van der Waals surface area contributed by atoms with Gasteiger partial charge in [-0.1, -0.05) is 30.3 Å². The molecule has 16 heavy (non-hydrogen) atoms. The minimum atomic E-state index is -0.364. The molecule has 0 saturated heterocycles. The van der Waals surface area contributed by atoms with E-state index in [1.807, 2.05) is 30.3 Å². The van der Waals surface area contributed by atoms with E-state index in [-0.39, 0.29) is 11.7 Å². The molecular weight excluding hydrogens is 204 g/mol. The summed E-state index contributed by atoms with van der Waals surface area (Å²) in [5.41, 5.74) is 3.29. The van der Waals surface area contributed by atoms with Crippen LogP contribution in [0.4, 0.5) is 0 Å². The molecule has 0 bridgehead atoms. The third-order valence-corrected chi connectivity index (χ3v) is 1.92. The van der Waals surface area contributed by atoms with Gasteiger partial charge in [0.25, 0.3) is 0 Å². The van der Waals surface area contributed by atoms with Gasteiger partial charge < -0.3 is 4.42 Å². The van der Waals surface area contributed by atoms with Crippen molar-refractivity contribution in [3.63, 3.8) is 0 Å². The van der Waals surface area contributed by atoms with E-state index in [9.17, 15) is 4.79 Å². The molecule has 1 amide bonds. The molecule has 0 atom stereocenters. The van der Waals surface area contributed by atoms with Crippen molar-refractivity contribution in [2.24, 2.45) is 5.10 Å². The van der Waals surface area contributed by atoms with E-state index in [4.69, 9.17) is 4.42 Å². The number of furan rings is 1. The van der Waals surface area contributed by atoms with Crippen molar-refractivity contribution in [1.82, 2.24) is 5.43 Å². The smallest absolute Gasteiger partial charge is 0.307 e. The lowest BCUT2D eigenvalue weighted by Gasteiger charge is -1.94. The van der Waals surface area contributed by atoms with Crippen molar-refractivity contribution in [2.75, 3.05) is 0 Å². The van der Waals surface area contributed by atoms with Crippen LogP contribution in [-0.4, -0.2) is 12.1 Å². The Morgan fingerprint density at radius 2 is 2.00 bits per heavy atom. The van der Waals surface area contributed by atoms with Gasteiger partial charge in [0.1, 0.15) is 0 Å². The van der Waals surface area contributed by atoms with Crippen LogP contribution in [0.2, 0.25) is 0 Å². The Labute approximate surface area is 92.6 Å². The summed E-state index contributed by atoms with van der Waals surface area (Å²) in [4.78, 5) is 11.4. The number of carbonyl (C=O) groups is 1. The summed E-state index contributed by atoms with van der Waals surface area (Å²) in [7, 11) is 0. The van der Waals surface area contributed by atoms with Gasteiger partial charge >= 0.3 is 5.91 Å². The first-order valence-electron chi connectivity index (χ1n) is 4.78. The molecule has 0 spiro atoms. The standard InChI is InChI=1S/C12H10N2O2/c15-12(11-7-4-8-16-11)14-13-9-10-5-2-1-3-6-10/h1-9H,(H,14,15). The number of hydrogen-bond acceptors (Lipinski definition) is 3. The van der Waals surface area contributed by atoms with Crippen LogP contribution in [-0.2, 0) is 0 Å². The summed E-state index contributed by atoms with van der Waals surface area (Å²) in [5, 5.41) is 3.81. The average Bonchev–Trinajstić information content (AvgIpc) is 2.84. The van der Waals surface area contributed by atoms with E-state index < -0.39 is 0 Å². The Morgan fingerprint density at radius 1 is 1.19 bits per heavy atom. The third kappa shape index (κ3) is 2.57. The first-order chi connectivity index (χ1) is 7.86. The monoisotopic (exact) mass is 214 g/mol. The molecule has 0 aliphatic rings. The van der Waals surface area contributed by atoms with Crippen LogP contribution in [0.3, 0.4) is 0 Å². The lowest BCUT2D eigenvalue weighted by atomic mass is 10.2. The van der Waals surface area contributed by atoms with Gasteiger partial charge in [0.05, 0.1) is 12.5 Å². The number of carbonyl (C=O) groups excluding carboxylic acids is 1. The lowest BCUT2D eigenvalue weighted by molar-refractivity contribution is 0.0927. The predicted octanol–water partition coefficient (Wildman–Crippen LogP) is 2.04. The van der Waals surface area contributed by atoms with Crippen LogP contribution in [0, 0.1) is 0 Å². The van der Waals surface area contributed by atoms with E-state index in [1.54, 1.807) is 18.3 Å². The second-order valence-electron chi connectivity index (χ2n) is 3.09. The summed E-state index contributed by atoms with van der Waals surface area (Å²) in [6.07, 6.45) is 3.01. The molecule has 1 heterocycles. The SMILES string of the molecule is O=C(NN=Cc1ccccc1)c1ccco1. The number of benzene rings is 1. The van der Waals surface area contributed by atoms with Crippen molar-refractivity contribution in [3.8, 4) is 0 Å². The molecule has 2 aromatic rings. The fourth-order valence-electron chi connectivity index (χ4n) is 1.17. The topological polar surface area (TPSA) is 54.6 Å². The number of rotatable bonds is 3. The van der Waals surface area contributed by atoms with E-state index >= 15 is 0 Å². The molecule has 4 nitrogen and oxygen atoms in total. The van der Waals surface area contributed by atoms with Crippen LogP contribution in [0.1, 0.15) is 16.1 Å².